The summed E-state index contributed by atoms with van der Waals surface area (Å²) in [4.78, 5) is 30.4. The number of amides is 2. The van der Waals surface area contributed by atoms with Crippen LogP contribution in [0.1, 0.15) is 34.0 Å². The number of nitrogens with zero attached hydrogens (tertiary/aromatic N) is 2. The summed E-state index contributed by atoms with van der Waals surface area (Å²) in [6, 6.07) is 7.71. The second kappa shape index (κ2) is 10.1. The Morgan fingerprint density at radius 2 is 1.77 bits per heavy atom. The van der Waals surface area contributed by atoms with Gasteiger partial charge in [0.05, 0.1) is 5.56 Å². The number of aromatic nitrogens is 1. The van der Waals surface area contributed by atoms with Gasteiger partial charge in [-0.15, -0.1) is 0 Å². The van der Waals surface area contributed by atoms with Gasteiger partial charge in [-0.1, -0.05) is 0 Å². The third-order valence-corrected chi connectivity index (χ3v) is 5.66. The van der Waals surface area contributed by atoms with Crippen LogP contribution >= 0.6 is 0 Å². The molecule has 0 unspecified atom stereocenters. The topological polar surface area (TPSA) is 74.3 Å². The summed E-state index contributed by atoms with van der Waals surface area (Å²) in [5.41, 5.74) is 1.89. The molecule has 35 heavy (non-hydrogen) atoms. The summed E-state index contributed by atoms with van der Waals surface area (Å²) >= 11 is 0. The van der Waals surface area contributed by atoms with Gasteiger partial charge >= 0.3 is 0 Å². The highest BCUT2D eigenvalue weighted by Gasteiger charge is 2.28. The van der Waals surface area contributed by atoms with Gasteiger partial charge < -0.3 is 10.6 Å². The van der Waals surface area contributed by atoms with Crippen molar-refractivity contribution in [2.75, 3.05) is 29.9 Å². The average molecular weight is 486 g/mol. The lowest BCUT2D eigenvalue weighted by Gasteiger charge is -2.24. The molecule has 0 saturated heterocycles. The monoisotopic (exact) mass is 486 g/mol. The van der Waals surface area contributed by atoms with Crippen LogP contribution in [0.4, 0.5) is 29.1 Å². The van der Waals surface area contributed by atoms with E-state index >= 15 is 0 Å². The van der Waals surface area contributed by atoms with Crippen molar-refractivity contribution in [2.45, 2.75) is 19.8 Å². The Kier molecular flexibility index (Phi) is 6.99. The van der Waals surface area contributed by atoms with Crippen LogP contribution in [-0.4, -0.2) is 36.4 Å². The molecule has 3 aromatic rings. The fourth-order valence-corrected chi connectivity index (χ4v) is 4.06. The van der Waals surface area contributed by atoms with Crippen molar-refractivity contribution in [3.8, 4) is 0 Å². The van der Waals surface area contributed by atoms with E-state index < -0.39 is 29.2 Å². The number of nitrogens with one attached hydrogen (secondary N) is 2. The maximum atomic E-state index is 14.8. The average Bonchev–Trinajstić information content (AvgIpc) is 3.28. The van der Waals surface area contributed by atoms with Gasteiger partial charge in [0.25, 0.3) is 5.91 Å². The molecular weight excluding hydrogens is 464 g/mol. The molecule has 2 heterocycles. The standard InChI is InChI=1S/C25H22F4N4O2/c1-14(34)30-8-9-33(25(35)23-17-5-7-31-21(17)3-2-18(23)26)22-13-15(4-6-32-22)10-16-11-19(27)24(29)20(28)12-16/h2-4,6,11-13,31H,5,7-10H2,1H3,(H,30,34). The normalized spacial score (nSPS) is 12.1. The maximum absolute atomic E-state index is 14.8. The van der Waals surface area contributed by atoms with Crippen LogP contribution in [0.15, 0.2) is 42.6 Å². The van der Waals surface area contributed by atoms with Crippen molar-refractivity contribution in [3.63, 3.8) is 0 Å². The lowest BCUT2D eigenvalue weighted by atomic mass is 10.0. The zero-order valence-corrected chi connectivity index (χ0v) is 18.8. The highest BCUT2D eigenvalue weighted by atomic mass is 19.2. The summed E-state index contributed by atoms with van der Waals surface area (Å²) in [6.07, 6.45) is 1.92. The van der Waals surface area contributed by atoms with Crippen LogP contribution in [-0.2, 0) is 17.6 Å². The molecule has 4 rings (SSSR count). The van der Waals surface area contributed by atoms with Crippen LogP contribution < -0.4 is 15.5 Å². The number of hydrogen-bond donors (Lipinski definition) is 2. The molecule has 2 N–H and O–H groups in total. The number of hydrogen-bond acceptors (Lipinski definition) is 4. The molecule has 1 aromatic heterocycles. The first kappa shape index (κ1) is 24.2. The second-order valence-electron chi connectivity index (χ2n) is 8.14. The molecule has 0 bridgehead atoms. The number of pyridine rings is 1. The van der Waals surface area contributed by atoms with E-state index in [9.17, 15) is 27.2 Å². The first-order chi connectivity index (χ1) is 16.7. The van der Waals surface area contributed by atoms with E-state index in [1.807, 2.05) is 0 Å². The minimum absolute atomic E-state index is 0.00517. The molecule has 2 amide bonds. The smallest absolute Gasteiger partial charge is 0.262 e. The van der Waals surface area contributed by atoms with E-state index in [4.69, 9.17) is 0 Å². The lowest BCUT2D eigenvalue weighted by molar-refractivity contribution is -0.118. The summed E-state index contributed by atoms with van der Waals surface area (Å²) in [5.74, 6) is -5.58. The van der Waals surface area contributed by atoms with Crippen LogP contribution in [0.3, 0.4) is 0 Å². The third kappa shape index (κ3) is 5.26. The van der Waals surface area contributed by atoms with Crippen molar-refractivity contribution in [2.24, 2.45) is 0 Å². The predicted octanol–water partition coefficient (Wildman–Crippen LogP) is 3.98. The van der Waals surface area contributed by atoms with Crippen molar-refractivity contribution >= 4 is 23.3 Å². The molecule has 6 nitrogen and oxygen atoms in total. The first-order valence-corrected chi connectivity index (χ1v) is 10.9. The number of rotatable bonds is 7. The number of anilines is 2. The van der Waals surface area contributed by atoms with Crippen molar-refractivity contribution in [1.29, 1.82) is 0 Å². The number of carbonyl (C=O) groups excluding carboxylic acids is 2. The minimum atomic E-state index is -1.55. The molecule has 10 heteroatoms. The molecule has 0 atom stereocenters. The third-order valence-electron chi connectivity index (χ3n) is 5.66. The Labute approximate surface area is 199 Å². The SMILES string of the molecule is CC(=O)NCCN(C(=O)c1c(F)ccc2c1CCN2)c1cc(Cc2cc(F)c(F)c(F)c2)ccn1. The van der Waals surface area contributed by atoms with Gasteiger partial charge in [0.1, 0.15) is 11.6 Å². The maximum Gasteiger partial charge on any atom is 0.262 e. The summed E-state index contributed by atoms with van der Waals surface area (Å²) in [5, 5.41) is 5.72. The second-order valence-corrected chi connectivity index (χ2v) is 8.14. The Morgan fingerprint density at radius 3 is 2.49 bits per heavy atom. The van der Waals surface area contributed by atoms with Gasteiger partial charge in [-0.25, -0.2) is 22.5 Å². The van der Waals surface area contributed by atoms with Gasteiger partial charge in [-0.3, -0.25) is 14.5 Å². The van der Waals surface area contributed by atoms with Crippen LogP contribution in [0.5, 0.6) is 0 Å². The Balaban J connectivity index is 1.68. The van der Waals surface area contributed by atoms with E-state index in [0.29, 0.717) is 29.8 Å². The van der Waals surface area contributed by atoms with Gasteiger partial charge in [0, 0.05) is 38.4 Å². The predicted molar refractivity (Wildman–Crippen MR) is 122 cm³/mol. The summed E-state index contributed by atoms with van der Waals surface area (Å²) in [6.45, 7) is 2.01. The lowest BCUT2D eigenvalue weighted by Crippen LogP contribution is -2.39. The highest BCUT2D eigenvalue weighted by Crippen LogP contribution is 2.30. The Hall–Kier alpha value is -3.95. The number of benzene rings is 2. The van der Waals surface area contributed by atoms with Gasteiger partial charge in [-0.2, -0.15) is 0 Å². The van der Waals surface area contributed by atoms with Gasteiger partial charge in [0.2, 0.25) is 5.91 Å². The fourth-order valence-electron chi connectivity index (χ4n) is 4.06. The fraction of sp³-hybridized carbons (Fsp3) is 0.240. The molecule has 0 fully saturated rings. The quantitative estimate of drug-likeness (QED) is 0.392. The van der Waals surface area contributed by atoms with Gasteiger partial charge in [0.15, 0.2) is 17.5 Å². The van der Waals surface area contributed by atoms with E-state index in [0.717, 1.165) is 12.1 Å². The highest BCUT2D eigenvalue weighted by molar-refractivity contribution is 6.08. The largest absolute Gasteiger partial charge is 0.384 e. The van der Waals surface area contributed by atoms with E-state index in [2.05, 4.69) is 15.6 Å². The molecular formula is C25H22F4N4O2. The van der Waals surface area contributed by atoms with E-state index in [1.54, 1.807) is 12.1 Å². The zero-order chi connectivity index (χ0) is 25.1. The van der Waals surface area contributed by atoms with Crippen molar-refractivity contribution in [3.05, 3.63) is 88.1 Å². The van der Waals surface area contributed by atoms with Crippen LogP contribution in [0, 0.1) is 23.3 Å². The Bertz CT molecular complexity index is 1280. The van der Waals surface area contributed by atoms with Crippen LogP contribution in [0.25, 0.3) is 0 Å². The summed E-state index contributed by atoms with van der Waals surface area (Å²) in [7, 11) is 0. The number of halogens is 4. The van der Waals surface area contributed by atoms with E-state index in [1.165, 1.54) is 30.2 Å². The molecule has 0 aliphatic carbocycles. The minimum Gasteiger partial charge on any atom is -0.384 e. The number of fused-ring (bicyclic) bond motifs is 1. The van der Waals surface area contributed by atoms with Crippen molar-refractivity contribution < 1.29 is 27.2 Å². The van der Waals surface area contributed by atoms with E-state index in [-0.39, 0.29) is 42.4 Å². The molecule has 1 aliphatic heterocycles. The zero-order valence-electron chi connectivity index (χ0n) is 18.8. The molecule has 0 spiro atoms. The molecule has 0 saturated carbocycles. The molecule has 182 valence electrons. The summed E-state index contributed by atoms with van der Waals surface area (Å²) < 4.78 is 55.4. The van der Waals surface area contributed by atoms with Crippen LogP contribution in [0.2, 0.25) is 0 Å². The Morgan fingerprint density at radius 1 is 1.03 bits per heavy atom. The van der Waals surface area contributed by atoms with Gasteiger partial charge in [-0.05, 0) is 65.9 Å². The molecule has 0 radical (unpaired) electrons. The number of carbonyl (C=O) groups is 2. The first-order valence-electron chi connectivity index (χ1n) is 10.9. The van der Waals surface area contributed by atoms with Crippen molar-refractivity contribution in [1.82, 2.24) is 10.3 Å². The molecule has 1 aliphatic rings. The molecule has 2 aromatic carbocycles.